The van der Waals surface area contributed by atoms with E-state index >= 15 is 0 Å². The third-order valence-corrected chi connectivity index (χ3v) is 4.00. The zero-order valence-electron chi connectivity index (χ0n) is 14.3. The van der Waals surface area contributed by atoms with Gasteiger partial charge in [0.25, 0.3) is 5.56 Å². The van der Waals surface area contributed by atoms with Crippen LogP contribution < -0.4 is 5.56 Å². The van der Waals surface area contributed by atoms with Crippen LogP contribution in [0.2, 0.25) is 0 Å². The fourth-order valence-electron chi connectivity index (χ4n) is 2.86. The van der Waals surface area contributed by atoms with Gasteiger partial charge in [0.2, 0.25) is 0 Å². The third kappa shape index (κ3) is 2.98. The molecule has 0 aliphatic rings. The molecule has 120 valence electrons. The number of rotatable bonds is 2. The van der Waals surface area contributed by atoms with Crippen LogP contribution in [0.25, 0.3) is 16.5 Å². The molecule has 2 heteroatoms. The van der Waals surface area contributed by atoms with Crippen LogP contribution in [-0.2, 0) is 6.42 Å². The van der Waals surface area contributed by atoms with Gasteiger partial charge in [-0.1, -0.05) is 62.9 Å². The van der Waals surface area contributed by atoms with Gasteiger partial charge in [-0.2, -0.15) is 0 Å². The topological polar surface area (TPSA) is 22.0 Å². The van der Waals surface area contributed by atoms with Crippen molar-refractivity contribution < 1.29 is 0 Å². The Balaban J connectivity index is 2.38. The lowest BCUT2D eigenvalue weighted by molar-refractivity contribution is 0.866. The van der Waals surface area contributed by atoms with Crippen LogP contribution >= 0.6 is 0 Å². The molecule has 0 saturated heterocycles. The maximum Gasteiger partial charge on any atom is 0.264 e. The fraction of sp³-hybridized carbons (Fsp3) is 0.227. The Morgan fingerprint density at radius 2 is 1.79 bits per heavy atom. The zero-order chi connectivity index (χ0) is 17.1. The molecule has 0 N–H and O–H groups in total. The van der Waals surface area contributed by atoms with Gasteiger partial charge < -0.3 is 0 Å². The molecular formula is C22H21NO. The van der Waals surface area contributed by atoms with Crippen molar-refractivity contribution in [1.29, 1.82) is 0 Å². The van der Waals surface area contributed by atoms with Gasteiger partial charge in [0, 0.05) is 22.9 Å². The van der Waals surface area contributed by atoms with E-state index in [2.05, 4.69) is 38.7 Å². The van der Waals surface area contributed by atoms with E-state index < -0.39 is 0 Å². The van der Waals surface area contributed by atoms with Crippen LogP contribution in [0.1, 0.15) is 32.0 Å². The van der Waals surface area contributed by atoms with Crippen LogP contribution in [0.5, 0.6) is 0 Å². The number of aromatic nitrogens is 1. The van der Waals surface area contributed by atoms with E-state index in [1.54, 1.807) is 0 Å². The second kappa shape index (κ2) is 6.76. The summed E-state index contributed by atoms with van der Waals surface area (Å²) >= 11 is 0. The molecule has 24 heavy (non-hydrogen) atoms. The highest BCUT2D eigenvalue weighted by Crippen LogP contribution is 2.19. The number of hydrogen-bond donors (Lipinski definition) is 0. The first-order valence-electron chi connectivity index (χ1n) is 8.36. The SMILES string of the molecule is CCc1cc2cccc(C#CC(C)C)c2c(=O)n1-c1ccccc1. The molecule has 0 bridgehead atoms. The number of fused-ring (bicyclic) bond motifs is 1. The molecule has 2 aromatic carbocycles. The van der Waals surface area contributed by atoms with E-state index in [0.717, 1.165) is 28.8 Å². The summed E-state index contributed by atoms with van der Waals surface area (Å²) in [6.07, 6.45) is 0.794. The van der Waals surface area contributed by atoms with Gasteiger partial charge in [-0.05, 0) is 36.1 Å². The molecule has 0 fully saturated rings. The van der Waals surface area contributed by atoms with E-state index in [0.29, 0.717) is 5.39 Å². The minimum absolute atomic E-state index is 0.00389. The lowest BCUT2D eigenvalue weighted by Gasteiger charge is -2.14. The van der Waals surface area contributed by atoms with Crippen LogP contribution in [-0.4, -0.2) is 4.57 Å². The van der Waals surface area contributed by atoms with Gasteiger partial charge in [0.15, 0.2) is 0 Å². The summed E-state index contributed by atoms with van der Waals surface area (Å²) < 4.78 is 1.81. The molecular weight excluding hydrogens is 294 g/mol. The van der Waals surface area contributed by atoms with Crippen molar-refractivity contribution in [3.05, 3.63) is 76.2 Å². The lowest BCUT2D eigenvalue weighted by Crippen LogP contribution is -2.22. The number of aryl methyl sites for hydroxylation is 1. The van der Waals surface area contributed by atoms with E-state index in [1.165, 1.54) is 0 Å². The highest BCUT2D eigenvalue weighted by atomic mass is 16.1. The number of nitrogens with zero attached hydrogens (tertiary/aromatic N) is 1. The Morgan fingerprint density at radius 1 is 1.04 bits per heavy atom. The minimum Gasteiger partial charge on any atom is -0.281 e. The Morgan fingerprint density at radius 3 is 2.46 bits per heavy atom. The first-order valence-corrected chi connectivity index (χ1v) is 8.36. The first kappa shape index (κ1) is 16.1. The van der Waals surface area contributed by atoms with Gasteiger partial charge >= 0.3 is 0 Å². The van der Waals surface area contributed by atoms with Crippen molar-refractivity contribution in [2.24, 2.45) is 5.92 Å². The zero-order valence-corrected chi connectivity index (χ0v) is 14.3. The van der Waals surface area contributed by atoms with Gasteiger partial charge in [-0.3, -0.25) is 9.36 Å². The second-order valence-corrected chi connectivity index (χ2v) is 6.16. The maximum atomic E-state index is 13.3. The van der Waals surface area contributed by atoms with Gasteiger partial charge in [-0.25, -0.2) is 0 Å². The van der Waals surface area contributed by atoms with Crippen molar-refractivity contribution in [2.75, 3.05) is 0 Å². The van der Waals surface area contributed by atoms with Crippen LogP contribution in [0, 0.1) is 17.8 Å². The van der Waals surface area contributed by atoms with Crippen molar-refractivity contribution in [1.82, 2.24) is 4.57 Å². The minimum atomic E-state index is 0.00389. The molecule has 0 aliphatic carbocycles. The summed E-state index contributed by atoms with van der Waals surface area (Å²) in [6.45, 7) is 6.17. The highest BCUT2D eigenvalue weighted by molar-refractivity contribution is 5.88. The predicted molar refractivity (Wildman–Crippen MR) is 101 cm³/mol. The molecule has 0 saturated carbocycles. The number of para-hydroxylation sites is 1. The van der Waals surface area contributed by atoms with Crippen molar-refractivity contribution >= 4 is 10.8 Å². The monoisotopic (exact) mass is 315 g/mol. The van der Waals surface area contributed by atoms with Crippen LogP contribution in [0.4, 0.5) is 0 Å². The third-order valence-electron chi connectivity index (χ3n) is 4.00. The van der Waals surface area contributed by atoms with E-state index in [-0.39, 0.29) is 11.5 Å². The number of pyridine rings is 1. The molecule has 3 aromatic rings. The normalized spacial score (nSPS) is 10.7. The molecule has 0 amide bonds. The summed E-state index contributed by atoms with van der Waals surface area (Å²) in [4.78, 5) is 13.3. The van der Waals surface area contributed by atoms with Gasteiger partial charge in [0.05, 0.1) is 5.39 Å². The number of hydrogen-bond acceptors (Lipinski definition) is 1. The van der Waals surface area contributed by atoms with Crippen LogP contribution in [0.3, 0.4) is 0 Å². The maximum absolute atomic E-state index is 13.3. The molecule has 2 nitrogen and oxygen atoms in total. The summed E-state index contributed by atoms with van der Waals surface area (Å²) in [6, 6.07) is 17.8. The quantitative estimate of drug-likeness (QED) is 0.635. The standard InChI is InChI=1S/C22H21NO/c1-4-19-15-18-10-8-9-17(14-13-16(2)3)21(18)22(24)23(19)20-11-6-5-7-12-20/h5-12,15-16H,4H2,1-3H3. The Labute approximate surface area is 142 Å². The van der Waals surface area contributed by atoms with Crippen molar-refractivity contribution in [3.63, 3.8) is 0 Å². The molecule has 3 rings (SSSR count). The van der Waals surface area contributed by atoms with Crippen molar-refractivity contribution in [3.8, 4) is 17.5 Å². The molecule has 0 unspecified atom stereocenters. The lowest BCUT2D eigenvalue weighted by atomic mass is 10.0. The smallest absolute Gasteiger partial charge is 0.264 e. The average molecular weight is 315 g/mol. The summed E-state index contributed by atoms with van der Waals surface area (Å²) in [5, 5.41) is 1.66. The Bertz CT molecular complexity index is 985. The van der Waals surface area contributed by atoms with Crippen molar-refractivity contribution in [2.45, 2.75) is 27.2 Å². The summed E-state index contributed by atoms with van der Waals surface area (Å²) in [5.41, 5.74) is 2.71. The largest absolute Gasteiger partial charge is 0.281 e. The van der Waals surface area contributed by atoms with E-state index in [4.69, 9.17) is 0 Å². The predicted octanol–water partition coefficient (Wildman–Crippen LogP) is 4.56. The summed E-state index contributed by atoms with van der Waals surface area (Å²) in [5.74, 6) is 6.62. The highest BCUT2D eigenvalue weighted by Gasteiger charge is 2.12. The average Bonchev–Trinajstić information content (AvgIpc) is 2.60. The molecule has 0 aliphatic heterocycles. The first-order chi connectivity index (χ1) is 11.6. The number of benzene rings is 2. The molecule has 0 atom stereocenters. The molecule has 0 spiro atoms. The molecule has 0 radical (unpaired) electrons. The van der Waals surface area contributed by atoms with Crippen LogP contribution in [0.15, 0.2) is 59.4 Å². The second-order valence-electron chi connectivity index (χ2n) is 6.16. The summed E-state index contributed by atoms with van der Waals surface area (Å²) in [7, 11) is 0. The van der Waals surface area contributed by atoms with Gasteiger partial charge in [0.1, 0.15) is 0 Å². The van der Waals surface area contributed by atoms with Gasteiger partial charge in [-0.15, -0.1) is 0 Å². The molecule has 1 heterocycles. The fourth-order valence-corrected chi connectivity index (χ4v) is 2.86. The van der Waals surface area contributed by atoms with E-state index in [9.17, 15) is 4.79 Å². The Hall–Kier alpha value is -2.79. The molecule has 1 aromatic heterocycles. The Kier molecular flexibility index (Phi) is 4.53. The van der Waals surface area contributed by atoms with E-state index in [1.807, 2.05) is 53.1 Å².